The summed E-state index contributed by atoms with van der Waals surface area (Å²) in [5.41, 5.74) is 1.06. The minimum atomic E-state index is -1.39. The summed E-state index contributed by atoms with van der Waals surface area (Å²) in [7, 11) is 0. The molecule has 7 nitrogen and oxygen atoms in total. The van der Waals surface area contributed by atoms with Crippen molar-refractivity contribution in [3.05, 3.63) is 29.5 Å². The third-order valence-corrected chi connectivity index (χ3v) is 4.64. The van der Waals surface area contributed by atoms with Crippen LogP contribution in [-0.4, -0.2) is 40.8 Å². The molecule has 3 atom stereocenters. The summed E-state index contributed by atoms with van der Waals surface area (Å²) < 4.78 is 10.6. The summed E-state index contributed by atoms with van der Waals surface area (Å²) >= 11 is 0. The van der Waals surface area contributed by atoms with Crippen LogP contribution in [0, 0.1) is 5.92 Å². The predicted octanol–water partition coefficient (Wildman–Crippen LogP) is -3.51. The molecule has 0 unspecified atom stereocenters. The average Bonchev–Trinajstić information content (AvgIpc) is 3.07. The number of carbonyl (C=O) groups is 2. The van der Waals surface area contributed by atoms with Gasteiger partial charge in [-0.15, -0.1) is 0 Å². The number of rotatable bonds is 3. The molecule has 24 heavy (non-hydrogen) atoms. The largest absolute Gasteiger partial charge is 1.00 e. The van der Waals surface area contributed by atoms with E-state index in [1.54, 1.807) is 18.2 Å². The Labute approximate surface area is 160 Å². The van der Waals surface area contributed by atoms with Gasteiger partial charge in [-0.1, -0.05) is 6.07 Å². The van der Waals surface area contributed by atoms with Crippen molar-refractivity contribution in [2.45, 2.75) is 25.5 Å². The van der Waals surface area contributed by atoms with Crippen LogP contribution in [0.4, 0.5) is 0 Å². The number of hydrogen-bond acceptors (Lipinski definition) is 6. The molecule has 0 spiro atoms. The quantitative estimate of drug-likeness (QED) is 0.453. The fourth-order valence-electron chi connectivity index (χ4n) is 3.60. The second-order valence-corrected chi connectivity index (χ2v) is 5.93. The van der Waals surface area contributed by atoms with Crippen molar-refractivity contribution in [3.63, 3.8) is 0 Å². The minimum absolute atomic E-state index is 0. The Morgan fingerprint density at radius 3 is 2.75 bits per heavy atom. The summed E-state index contributed by atoms with van der Waals surface area (Å²) in [6.45, 7) is 1.67. The molecular formula is C16H14NNaO6. The standard InChI is InChI=1S/C16H15NO6.Na/c1-7(18)13-10-5-9(14(16(20)21)17(10)15(13)19)8-2-3-11-12(4-8)23-6-22-11;/h2-4,7,10,13,18H,5-6H2,1H3,(H,20,21);/q;+1/p-1/t7-,10-,13-;/m1./s1. The van der Waals surface area contributed by atoms with Gasteiger partial charge in [0.2, 0.25) is 12.7 Å². The number of aliphatic hydroxyl groups excluding tert-OH is 1. The van der Waals surface area contributed by atoms with Gasteiger partial charge in [-0.2, -0.15) is 0 Å². The van der Waals surface area contributed by atoms with Crippen LogP contribution in [-0.2, 0) is 9.59 Å². The first kappa shape index (κ1) is 17.3. The molecule has 1 aromatic carbocycles. The molecule has 1 aromatic rings. The van der Waals surface area contributed by atoms with Gasteiger partial charge in [0.1, 0.15) is 0 Å². The molecule has 0 radical (unpaired) electrons. The molecular weight excluding hydrogens is 325 g/mol. The molecule has 8 heteroatoms. The van der Waals surface area contributed by atoms with Crippen molar-refractivity contribution >= 4 is 17.4 Å². The topological polar surface area (TPSA) is 99.1 Å². The fraction of sp³-hybridized carbons (Fsp3) is 0.375. The first-order valence-electron chi connectivity index (χ1n) is 7.34. The van der Waals surface area contributed by atoms with E-state index < -0.39 is 18.0 Å². The van der Waals surface area contributed by atoms with Crippen LogP contribution in [0.15, 0.2) is 23.9 Å². The molecule has 0 saturated carbocycles. The molecule has 4 rings (SSSR count). The van der Waals surface area contributed by atoms with E-state index in [0.717, 1.165) is 0 Å². The molecule has 1 saturated heterocycles. The van der Waals surface area contributed by atoms with Crippen LogP contribution in [0.3, 0.4) is 0 Å². The van der Waals surface area contributed by atoms with Crippen LogP contribution in [0.2, 0.25) is 0 Å². The monoisotopic (exact) mass is 339 g/mol. The van der Waals surface area contributed by atoms with Gasteiger partial charge >= 0.3 is 29.6 Å². The van der Waals surface area contributed by atoms with Gasteiger partial charge in [0.25, 0.3) is 0 Å². The van der Waals surface area contributed by atoms with Crippen molar-refractivity contribution in [1.82, 2.24) is 4.90 Å². The van der Waals surface area contributed by atoms with E-state index in [9.17, 15) is 19.8 Å². The van der Waals surface area contributed by atoms with Crippen LogP contribution >= 0.6 is 0 Å². The molecule has 3 heterocycles. The number of β-lactam (4-membered cyclic amide) rings is 1. The molecule has 1 fully saturated rings. The van der Waals surface area contributed by atoms with Gasteiger partial charge in [0, 0.05) is 0 Å². The molecule has 0 aromatic heterocycles. The van der Waals surface area contributed by atoms with E-state index in [0.29, 0.717) is 29.1 Å². The number of benzene rings is 1. The molecule has 3 aliphatic heterocycles. The first-order valence-corrected chi connectivity index (χ1v) is 7.34. The van der Waals surface area contributed by atoms with E-state index in [-0.39, 0.29) is 54.0 Å². The summed E-state index contributed by atoms with van der Waals surface area (Å²) in [6, 6.07) is 4.81. The normalized spacial score (nSPS) is 25.1. The molecule has 3 aliphatic rings. The van der Waals surface area contributed by atoms with Crippen LogP contribution < -0.4 is 44.1 Å². The number of nitrogens with zero attached hydrogens (tertiary/aromatic N) is 1. The summed E-state index contributed by atoms with van der Waals surface area (Å²) in [6.07, 6.45) is -0.451. The van der Waals surface area contributed by atoms with Crippen molar-refractivity contribution in [1.29, 1.82) is 0 Å². The van der Waals surface area contributed by atoms with Gasteiger partial charge in [-0.05, 0) is 36.6 Å². The number of carbonyl (C=O) groups excluding carboxylic acids is 2. The van der Waals surface area contributed by atoms with Crippen molar-refractivity contribution in [2.75, 3.05) is 6.79 Å². The Morgan fingerprint density at radius 1 is 1.38 bits per heavy atom. The Kier molecular flexibility index (Phi) is 4.37. The second kappa shape index (κ2) is 6.07. The van der Waals surface area contributed by atoms with Gasteiger partial charge in [0.05, 0.1) is 29.7 Å². The van der Waals surface area contributed by atoms with E-state index in [4.69, 9.17) is 9.47 Å². The SMILES string of the molecule is C[C@@H](O)[C@H]1C(=O)N2C(C(=O)[O-])=C(c3ccc4c(c3)OCO4)C[C@H]12.[Na+]. The third kappa shape index (κ3) is 2.35. The number of amides is 1. The van der Waals surface area contributed by atoms with Gasteiger partial charge in [0.15, 0.2) is 11.5 Å². The van der Waals surface area contributed by atoms with Crippen molar-refractivity contribution < 1.29 is 58.8 Å². The zero-order chi connectivity index (χ0) is 16.3. The van der Waals surface area contributed by atoms with Crippen LogP contribution in [0.1, 0.15) is 18.9 Å². The summed E-state index contributed by atoms with van der Waals surface area (Å²) in [4.78, 5) is 24.9. The molecule has 1 amide bonds. The molecule has 1 N–H and O–H groups in total. The van der Waals surface area contributed by atoms with Gasteiger partial charge < -0.3 is 29.4 Å². The number of aliphatic hydroxyl groups is 1. The number of carboxylic acid groups (broad SMARTS) is 1. The summed E-state index contributed by atoms with van der Waals surface area (Å²) in [5.74, 6) is -1.20. The average molecular weight is 339 g/mol. The Balaban J connectivity index is 0.00000169. The number of carboxylic acids is 1. The van der Waals surface area contributed by atoms with Crippen LogP contribution in [0.5, 0.6) is 11.5 Å². The third-order valence-electron chi connectivity index (χ3n) is 4.64. The maximum absolute atomic E-state index is 12.2. The smallest absolute Gasteiger partial charge is 0.543 e. The number of aliphatic carboxylic acids is 1. The fourth-order valence-corrected chi connectivity index (χ4v) is 3.60. The van der Waals surface area contributed by atoms with E-state index in [1.807, 2.05) is 0 Å². The number of ether oxygens (including phenoxy) is 2. The number of hydrogen-bond donors (Lipinski definition) is 1. The predicted molar refractivity (Wildman–Crippen MR) is 74.9 cm³/mol. The maximum atomic E-state index is 12.2. The Morgan fingerprint density at radius 2 is 2.08 bits per heavy atom. The zero-order valence-corrected chi connectivity index (χ0v) is 15.3. The van der Waals surface area contributed by atoms with E-state index in [1.165, 1.54) is 11.8 Å². The number of fused-ring (bicyclic) bond motifs is 2. The first-order chi connectivity index (χ1) is 11.0. The minimum Gasteiger partial charge on any atom is -0.543 e. The molecule has 0 aliphatic carbocycles. The Hall–Kier alpha value is -1.54. The van der Waals surface area contributed by atoms with E-state index >= 15 is 0 Å². The summed E-state index contributed by atoms with van der Waals surface area (Å²) in [5, 5.41) is 21.3. The molecule has 120 valence electrons. The second-order valence-electron chi connectivity index (χ2n) is 5.93. The Bertz CT molecular complexity index is 759. The van der Waals surface area contributed by atoms with Gasteiger partial charge in [-0.3, -0.25) is 4.79 Å². The zero-order valence-electron chi connectivity index (χ0n) is 13.3. The van der Waals surface area contributed by atoms with Gasteiger partial charge in [-0.25, -0.2) is 0 Å². The van der Waals surface area contributed by atoms with Crippen LogP contribution in [0.25, 0.3) is 5.57 Å². The van der Waals surface area contributed by atoms with E-state index in [2.05, 4.69) is 0 Å². The maximum Gasteiger partial charge on any atom is 1.00 e. The van der Waals surface area contributed by atoms with Crippen molar-refractivity contribution in [2.24, 2.45) is 5.92 Å². The van der Waals surface area contributed by atoms with Crippen molar-refractivity contribution in [3.8, 4) is 11.5 Å². The molecule has 0 bridgehead atoms.